The number of halogens is 2. The van der Waals surface area contributed by atoms with Crippen LogP contribution in [-0.2, 0) is 6.42 Å². The number of hydrogen-bond donors (Lipinski definition) is 1. The third-order valence-electron chi connectivity index (χ3n) is 4.03. The van der Waals surface area contributed by atoms with Crippen LogP contribution >= 0.6 is 23.2 Å². The highest BCUT2D eigenvalue weighted by atomic mass is 35.5. The zero-order valence-corrected chi connectivity index (χ0v) is 14.6. The Morgan fingerprint density at radius 1 is 1.33 bits per heavy atom. The second kappa shape index (κ2) is 8.38. The minimum atomic E-state index is 0.619. The molecule has 2 rings (SSSR count). The number of rotatable bonds is 5. The van der Waals surface area contributed by atoms with Crippen LogP contribution in [0.4, 0.5) is 0 Å². The Morgan fingerprint density at radius 2 is 2.14 bits per heavy atom. The van der Waals surface area contributed by atoms with E-state index in [1.165, 1.54) is 24.9 Å². The molecule has 21 heavy (non-hydrogen) atoms. The van der Waals surface area contributed by atoms with E-state index >= 15 is 0 Å². The van der Waals surface area contributed by atoms with Crippen molar-refractivity contribution < 1.29 is 0 Å². The third-order valence-corrected chi connectivity index (χ3v) is 4.62. The van der Waals surface area contributed by atoms with Gasteiger partial charge in [-0.2, -0.15) is 0 Å². The van der Waals surface area contributed by atoms with Gasteiger partial charge in [0, 0.05) is 29.2 Å². The Bertz CT molecular complexity index is 448. The van der Waals surface area contributed by atoms with Crippen molar-refractivity contribution in [2.24, 2.45) is 5.92 Å². The fraction of sp³-hybridized carbons (Fsp3) is 0.647. The normalized spacial score (nSPS) is 20.7. The molecule has 1 unspecified atom stereocenters. The Morgan fingerprint density at radius 3 is 2.86 bits per heavy atom. The van der Waals surface area contributed by atoms with Crippen molar-refractivity contribution in [3.8, 4) is 0 Å². The largest absolute Gasteiger partial charge is 0.313 e. The van der Waals surface area contributed by atoms with Crippen molar-refractivity contribution >= 4 is 23.2 Å². The predicted molar refractivity (Wildman–Crippen MR) is 92.5 cm³/mol. The van der Waals surface area contributed by atoms with Crippen LogP contribution in [0.5, 0.6) is 0 Å². The van der Waals surface area contributed by atoms with E-state index in [0.717, 1.165) is 37.0 Å². The summed E-state index contributed by atoms with van der Waals surface area (Å²) in [5.74, 6) is 0.744. The molecule has 1 aromatic carbocycles. The van der Waals surface area contributed by atoms with Gasteiger partial charge < -0.3 is 10.2 Å². The fourth-order valence-electron chi connectivity index (χ4n) is 3.01. The van der Waals surface area contributed by atoms with Crippen LogP contribution in [0.2, 0.25) is 10.0 Å². The third kappa shape index (κ3) is 5.78. The summed E-state index contributed by atoms with van der Waals surface area (Å²) in [6.45, 7) is 9.11. The van der Waals surface area contributed by atoms with Gasteiger partial charge in [0.2, 0.25) is 0 Å². The number of nitrogens with zero attached hydrogens (tertiary/aromatic N) is 1. The summed E-state index contributed by atoms with van der Waals surface area (Å²) in [5, 5.41) is 5.17. The second-order valence-corrected chi connectivity index (χ2v) is 7.26. The molecule has 0 amide bonds. The van der Waals surface area contributed by atoms with Crippen LogP contribution in [0.25, 0.3) is 0 Å². The molecule has 1 aliphatic rings. The highest BCUT2D eigenvalue weighted by molar-refractivity contribution is 6.35. The van der Waals surface area contributed by atoms with E-state index in [2.05, 4.69) is 24.1 Å². The summed E-state index contributed by atoms with van der Waals surface area (Å²) in [5.41, 5.74) is 1.19. The SMILES string of the molecule is CC(C)CC1CN(CCc2ccc(Cl)cc2Cl)CCCN1. The highest BCUT2D eigenvalue weighted by Gasteiger charge is 2.18. The summed E-state index contributed by atoms with van der Waals surface area (Å²) in [6, 6.07) is 6.43. The van der Waals surface area contributed by atoms with Gasteiger partial charge in [-0.1, -0.05) is 43.1 Å². The molecule has 4 heteroatoms. The smallest absolute Gasteiger partial charge is 0.0453 e. The molecule has 1 atom stereocenters. The van der Waals surface area contributed by atoms with Crippen LogP contribution in [0.15, 0.2) is 18.2 Å². The maximum atomic E-state index is 6.26. The number of hydrogen-bond acceptors (Lipinski definition) is 2. The van der Waals surface area contributed by atoms with Crippen LogP contribution in [0, 0.1) is 5.92 Å². The van der Waals surface area contributed by atoms with E-state index in [1.807, 2.05) is 18.2 Å². The molecule has 0 spiro atoms. The zero-order valence-electron chi connectivity index (χ0n) is 13.0. The molecule has 2 nitrogen and oxygen atoms in total. The summed E-state index contributed by atoms with van der Waals surface area (Å²) < 4.78 is 0. The lowest BCUT2D eigenvalue weighted by atomic mass is 10.0. The van der Waals surface area contributed by atoms with E-state index in [9.17, 15) is 0 Å². The van der Waals surface area contributed by atoms with Crippen LogP contribution < -0.4 is 5.32 Å². The summed E-state index contributed by atoms with van der Waals surface area (Å²) >= 11 is 12.2. The Balaban J connectivity index is 1.88. The molecule has 0 radical (unpaired) electrons. The Labute approximate surface area is 138 Å². The van der Waals surface area contributed by atoms with Gasteiger partial charge in [0.1, 0.15) is 0 Å². The quantitative estimate of drug-likeness (QED) is 0.869. The first-order valence-corrected chi connectivity index (χ1v) is 8.70. The molecule has 1 aromatic rings. The van der Waals surface area contributed by atoms with Crippen molar-refractivity contribution in [2.75, 3.05) is 26.2 Å². The molecule has 1 aliphatic heterocycles. The van der Waals surface area contributed by atoms with Crippen molar-refractivity contribution in [1.29, 1.82) is 0 Å². The standard InChI is InChI=1S/C17H26Cl2N2/c1-13(2)10-16-12-21(8-3-7-20-16)9-6-14-4-5-15(18)11-17(14)19/h4-5,11,13,16,20H,3,6-10,12H2,1-2H3. The van der Waals surface area contributed by atoms with E-state index in [4.69, 9.17) is 23.2 Å². The van der Waals surface area contributed by atoms with Crippen LogP contribution in [-0.4, -0.2) is 37.1 Å². The number of benzene rings is 1. The minimum Gasteiger partial charge on any atom is -0.313 e. The molecule has 0 aromatic heterocycles. The second-order valence-electron chi connectivity index (χ2n) is 6.42. The van der Waals surface area contributed by atoms with Gasteiger partial charge in [0.15, 0.2) is 0 Å². The average molecular weight is 329 g/mol. The summed E-state index contributed by atoms with van der Waals surface area (Å²) in [7, 11) is 0. The van der Waals surface area contributed by atoms with Gasteiger partial charge >= 0.3 is 0 Å². The van der Waals surface area contributed by atoms with Crippen molar-refractivity contribution in [1.82, 2.24) is 10.2 Å². The molecule has 0 saturated carbocycles. The monoisotopic (exact) mass is 328 g/mol. The molecule has 1 heterocycles. The maximum absolute atomic E-state index is 6.26. The van der Waals surface area contributed by atoms with Crippen LogP contribution in [0.1, 0.15) is 32.3 Å². The average Bonchev–Trinajstić information content (AvgIpc) is 2.62. The minimum absolute atomic E-state index is 0.619. The first-order chi connectivity index (χ1) is 10.0. The van der Waals surface area contributed by atoms with Gasteiger partial charge in [-0.25, -0.2) is 0 Å². The van der Waals surface area contributed by atoms with Gasteiger partial charge in [-0.15, -0.1) is 0 Å². The lowest BCUT2D eigenvalue weighted by molar-refractivity contribution is 0.258. The van der Waals surface area contributed by atoms with Crippen molar-refractivity contribution in [3.63, 3.8) is 0 Å². The molecule has 0 bridgehead atoms. The van der Waals surface area contributed by atoms with E-state index in [0.29, 0.717) is 11.1 Å². The molecular weight excluding hydrogens is 303 g/mol. The van der Waals surface area contributed by atoms with Crippen molar-refractivity contribution in [3.05, 3.63) is 33.8 Å². The molecule has 0 aliphatic carbocycles. The predicted octanol–water partition coefficient (Wildman–Crippen LogP) is 4.25. The lowest BCUT2D eigenvalue weighted by Gasteiger charge is -2.25. The molecule has 1 fully saturated rings. The van der Waals surface area contributed by atoms with Gasteiger partial charge in [-0.05, 0) is 56.0 Å². The molecular formula is C17H26Cl2N2. The summed E-state index contributed by atoms with van der Waals surface area (Å²) in [4.78, 5) is 2.57. The fourth-order valence-corrected chi connectivity index (χ4v) is 3.51. The lowest BCUT2D eigenvalue weighted by Crippen LogP contribution is -2.39. The van der Waals surface area contributed by atoms with Gasteiger partial charge in [-0.3, -0.25) is 0 Å². The van der Waals surface area contributed by atoms with Crippen LogP contribution in [0.3, 0.4) is 0 Å². The highest BCUT2D eigenvalue weighted by Crippen LogP contribution is 2.21. The molecule has 1 N–H and O–H groups in total. The zero-order chi connectivity index (χ0) is 15.2. The van der Waals surface area contributed by atoms with E-state index < -0.39 is 0 Å². The molecule has 1 saturated heterocycles. The first kappa shape index (κ1) is 17.1. The van der Waals surface area contributed by atoms with E-state index in [1.54, 1.807) is 0 Å². The molecule has 118 valence electrons. The first-order valence-electron chi connectivity index (χ1n) is 7.94. The van der Waals surface area contributed by atoms with Gasteiger partial charge in [0.25, 0.3) is 0 Å². The van der Waals surface area contributed by atoms with Crippen molar-refractivity contribution in [2.45, 2.75) is 39.2 Å². The van der Waals surface area contributed by atoms with Gasteiger partial charge in [0.05, 0.1) is 0 Å². The number of nitrogens with one attached hydrogen (secondary N) is 1. The topological polar surface area (TPSA) is 15.3 Å². The summed E-state index contributed by atoms with van der Waals surface area (Å²) in [6.07, 6.45) is 3.46. The Kier molecular flexibility index (Phi) is 6.81. The Hall–Kier alpha value is -0.280. The van der Waals surface area contributed by atoms with E-state index in [-0.39, 0.29) is 0 Å². The maximum Gasteiger partial charge on any atom is 0.0453 e.